The van der Waals surface area contributed by atoms with Crippen molar-refractivity contribution >= 4 is 52.5 Å². The largest absolute Gasteiger partial charge is 0.461 e. The minimum absolute atomic E-state index is 0.0265. The van der Waals surface area contributed by atoms with Crippen LogP contribution in [0.25, 0.3) is 21.7 Å². The van der Waals surface area contributed by atoms with Crippen LogP contribution in [0.3, 0.4) is 0 Å². The molecule has 2 aromatic heterocycles. The molecular weight excluding hydrogens is 785 g/mol. The van der Waals surface area contributed by atoms with Gasteiger partial charge >= 0.3 is 11.9 Å². The summed E-state index contributed by atoms with van der Waals surface area (Å²) in [6, 6.07) is 14.6. The van der Waals surface area contributed by atoms with Crippen LogP contribution in [0.4, 0.5) is 11.5 Å². The highest BCUT2D eigenvalue weighted by Gasteiger charge is 2.46. The van der Waals surface area contributed by atoms with Gasteiger partial charge in [0, 0.05) is 45.3 Å². The number of nitrogens with one attached hydrogen (secondary N) is 2. The van der Waals surface area contributed by atoms with E-state index in [1.54, 1.807) is 29.5 Å². The number of likely N-dealkylation sites (tertiary alicyclic amines) is 1. The predicted molar refractivity (Wildman–Crippen MR) is 229 cm³/mol. The molecule has 2 aliphatic rings. The average Bonchev–Trinajstić information content (AvgIpc) is 3.83. The third-order valence-corrected chi connectivity index (χ3v) is 12.0. The van der Waals surface area contributed by atoms with E-state index in [2.05, 4.69) is 30.7 Å². The number of para-hydroxylation sites is 1. The number of ether oxygens (including phenoxy) is 2. The molecule has 318 valence electrons. The van der Waals surface area contributed by atoms with Crippen molar-refractivity contribution in [1.82, 2.24) is 30.7 Å². The van der Waals surface area contributed by atoms with Crippen LogP contribution < -0.4 is 26.0 Å². The van der Waals surface area contributed by atoms with Crippen LogP contribution in [-0.2, 0) is 28.7 Å². The second kappa shape index (κ2) is 18.6. The number of esters is 2. The lowest BCUT2D eigenvalue weighted by molar-refractivity contribution is -0.147. The summed E-state index contributed by atoms with van der Waals surface area (Å²) in [6.07, 6.45) is 1.04. The Morgan fingerprint density at radius 1 is 0.967 bits per heavy atom. The summed E-state index contributed by atoms with van der Waals surface area (Å²) in [5.41, 5.74) is 12.1. The van der Waals surface area contributed by atoms with E-state index in [4.69, 9.17) is 15.2 Å². The number of benzene rings is 2. The smallest absolute Gasteiger partial charge is 0.308 e. The maximum absolute atomic E-state index is 14.5. The van der Waals surface area contributed by atoms with Crippen LogP contribution in [0.2, 0.25) is 0 Å². The van der Waals surface area contributed by atoms with Crippen molar-refractivity contribution in [3.05, 3.63) is 71.4 Å². The summed E-state index contributed by atoms with van der Waals surface area (Å²) >= 11 is 1.57. The van der Waals surface area contributed by atoms with Gasteiger partial charge in [0.15, 0.2) is 5.82 Å². The van der Waals surface area contributed by atoms with E-state index in [0.717, 1.165) is 21.7 Å². The number of aryl methyl sites for hydroxylation is 1. The van der Waals surface area contributed by atoms with E-state index in [-0.39, 0.29) is 49.0 Å². The van der Waals surface area contributed by atoms with E-state index >= 15 is 0 Å². The summed E-state index contributed by atoms with van der Waals surface area (Å²) in [5.74, 6) is -1.32. The predicted octanol–water partition coefficient (Wildman–Crippen LogP) is 5.63. The van der Waals surface area contributed by atoms with Crippen LogP contribution in [-0.4, -0.2) is 87.6 Å². The Hall–Kier alpha value is -5.90. The number of hydrogen-bond donors (Lipinski definition) is 3. The standard InChI is InChI=1S/C44H54N8O7S/c1-25(30-12-14-31(15-13-30)39-26(2)46-24-60-39)47-42(56)36-21-32(58-27(3)53)23-52(36)43(57)40(44(5,6)7)48-38(55)20-29-16-18-51(19-17-29)35-22-34(49-50-41(35)45)33-10-8-9-11-37(33)59-28(4)54/h8-15,22,24-25,29,32,36,40H,16-21,23H2,1-7H3,(H2,45,50)(H,47,56)(H,48,55)/t25-,32+,36-,40+/m0/s1. The lowest BCUT2D eigenvalue weighted by atomic mass is 9.85. The van der Waals surface area contributed by atoms with Gasteiger partial charge in [0.2, 0.25) is 17.7 Å². The number of rotatable bonds is 12. The molecule has 6 rings (SSSR count). The fourth-order valence-electron chi connectivity index (χ4n) is 7.88. The van der Waals surface area contributed by atoms with Crippen LogP contribution >= 0.6 is 11.3 Å². The third kappa shape index (κ3) is 10.4. The molecule has 0 unspecified atom stereocenters. The molecule has 4 N–H and O–H groups in total. The van der Waals surface area contributed by atoms with Gasteiger partial charge in [-0.25, -0.2) is 4.98 Å². The number of hydrogen-bond acceptors (Lipinski definition) is 13. The molecule has 4 heterocycles. The van der Waals surface area contributed by atoms with Gasteiger partial charge in [0.25, 0.3) is 0 Å². The van der Waals surface area contributed by atoms with Crippen molar-refractivity contribution in [2.45, 2.75) is 98.4 Å². The average molecular weight is 839 g/mol. The van der Waals surface area contributed by atoms with Gasteiger partial charge in [-0.3, -0.25) is 24.0 Å². The fourth-order valence-corrected chi connectivity index (χ4v) is 8.69. The van der Waals surface area contributed by atoms with Crippen LogP contribution in [0.5, 0.6) is 5.75 Å². The lowest BCUT2D eigenvalue weighted by Gasteiger charge is -2.36. The highest BCUT2D eigenvalue weighted by atomic mass is 32.1. The van der Waals surface area contributed by atoms with Gasteiger partial charge in [0.05, 0.1) is 40.0 Å². The Bertz CT molecular complexity index is 2210. The second-order valence-corrected chi connectivity index (χ2v) is 17.5. The van der Waals surface area contributed by atoms with E-state index in [1.165, 1.54) is 18.7 Å². The van der Waals surface area contributed by atoms with Crippen molar-refractivity contribution in [2.24, 2.45) is 11.3 Å². The molecule has 15 nitrogen and oxygen atoms in total. The highest BCUT2D eigenvalue weighted by Crippen LogP contribution is 2.35. The van der Waals surface area contributed by atoms with Crippen molar-refractivity contribution in [3.63, 3.8) is 0 Å². The van der Waals surface area contributed by atoms with Gasteiger partial charge in [-0.1, -0.05) is 57.2 Å². The van der Waals surface area contributed by atoms with Gasteiger partial charge < -0.3 is 35.6 Å². The third-order valence-electron chi connectivity index (χ3n) is 11.0. The van der Waals surface area contributed by atoms with Crippen molar-refractivity contribution in [3.8, 4) is 27.4 Å². The molecule has 2 aliphatic heterocycles. The van der Waals surface area contributed by atoms with Gasteiger partial charge in [0.1, 0.15) is 23.9 Å². The second-order valence-electron chi connectivity index (χ2n) is 16.7. The first-order valence-corrected chi connectivity index (χ1v) is 21.1. The summed E-state index contributed by atoms with van der Waals surface area (Å²) in [4.78, 5) is 74.8. The van der Waals surface area contributed by atoms with Crippen molar-refractivity contribution in [2.75, 3.05) is 30.3 Å². The zero-order chi connectivity index (χ0) is 43.3. The molecule has 3 amide bonds. The van der Waals surface area contributed by atoms with Crippen LogP contribution in [0, 0.1) is 18.3 Å². The Balaban J connectivity index is 1.09. The molecule has 0 saturated carbocycles. The molecule has 2 aromatic carbocycles. The zero-order valence-corrected chi connectivity index (χ0v) is 36.0. The Morgan fingerprint density at radius 2 is 1.67 bits per heavy atom. The number of nitrogens with two attached hydrogens (primary N) is 1. The summed E-state index contributed by atoms with van der Waals surface area (Å²) < 4.78 is 10.9. The maximum atomic E-state index is 14.5. The van der Waals surface area contributed by atoms with Crippen molar-refractivity contribution < 1.29 is 33.4 Å². The first-order valence-electron chi connectivity index (χ1n) is 20.2. The number of carbonyl (C=O) groups is 5. The molecule has 4 aromatic rings. The minimum atomic E-state index is -0.951. The molecule has 0 aliphatic carbocycles. The summed E-state index contributed by atoms with van der Waals surface area (Å²) in [5, 5.41) is 14.5. The molecular formula is C44H54N8O7S. The number of amides is 3. The lowest BCUT2D eigenvalue weighted by Crippen LogP contribution is -2.58. The monoisotopic (exact) mass is 838 g/mol. The Labute approximate surface area is 354 Å². The molecule has 16 heteroatoms. The number of nitrogens with zero attached hydrogens (tertiary/aromatic N) is 5. The quantitative estimate of drug-likeness (QED) is 0.118. The first-order chi connectivity index (χ1) is 28.5. The van der Waals surface area contributed by atoms with E-state index in [9.17, 15) is 24.0 Å². The summed E-state index contributed by atoms with van der Waals surface area (Å²) in [6.45, 7) is 13.3. The first kappa shape index (κ1) is 43.7. The zero-order valence-electron chi connectivity index (χ0n) is 35.2. The Morgan fingerprint density at radius 3 is 2.30 bits per heavy atom. The molecule has 2 fully saturated rings. The van der Waals surface area contributed by atoms with Crippen molar-refractivity contribution in [1.29, 1.82) is 0 Å². The molecule has 60 heavy (non-hydrogen) atoms. The molecule has 4 atom stereocenters. The van der Waals surface area contributed by atoms with E-state index in [1.807, 2.05) is 76.5 Å². The van der Waals surface area contributed by atoms with E-state index < -0.39 is 41.4 Å². The SMILES string of the molecule is CC(=O)Oc1ccccc1-c1cc(N2CCC(CC(=O)N[C@H](C(=O)N3C[C@H](OC(C)=O)C[C@H]3C(=O)N[C@@H](C)c3ccc(-c4scnc4C)cc3)C(C)(C)C)CC2)c(N)nn1. The molecule has 0 radical (unpaired) electrons. The topological polar surface area (TPSA) is 199 Å². The number of piperidine rings is 1. The molecule has 0 bridgehead atoms. The summed E-state index contributed by atoms with van der Waals surface area (Å²) in [7, 11) is 0. The van der Waals surface area contributed by atoms with E-state index in [0.29, 0.717) is 48.6 Å². The fraction of sp³-hybridized carbons (Fsp3) is 0.455. The highest BCUT2D eigenvalue weighted by molar-refractivity contribution is 7.13. The molecule has 2 saturated heterocycles. The van der Waals surface area contributed by atoms with Gasteiger partial charge in [-0.2, -0.15) is 0 Å². The van der Waals surface area contributed by atoms with Crippen LogP contribution in [0.1, 0.15) is 84.5 Å². The van der Waals surface area contributed by atoms with Crippen LogP contribution in [0.15, 0.2) is 60.1 Å². The number of nitrogen functional groups attached to an aromatic ring is 1. The minimum Gasteiger partial charge on any atom is -0.461 e. The number of anilines is 2. The van der Waals surface area contributed by atoms with Gasteiger partial charge in [-0.05, 0) is 67.3 Å². The molecule has 0 spiro atoms. The normalized spacial score (nSPS) is 18.1. The number of thiazole rings is 1. The Kier molecular flexibility index (Phi) is 13.5. The maximum Gasteiger partial charge on any atom is 0.308 e. The number of carbonyl (C=O) groups excluding carboxylic acids is 5. The number of aromatic nitrogens is 3. The van der Waals surface area contributed by atoms with Gasteiger partial charge in [-0.15, -0.1) is 21.5 Å².